The average Bonchev–Trinajstić information content (AvgIpc) is 3.46. The van der Waals surface area contributed by atoms with E-state index in [1.54, 1.807) is 4.57 Å². The number of unbranched alkanes of at least 4 members (excludes halogenated alkanes) is 1. The Bertz CT molecular complexity index is 1380. The number of para-hydroxylation sites is 1. The molecule has 0 unspecified atom stereocenters. The summed E-state index contributed by atoms with van der Waals surface area (Å²) in [5.74, 6) is 1.44. The van der Waals surface area contributed by atoms with E-state index < -0.39 is 0 Å². The molecule has 2 aliphatic heterocycles. The van der Waals surface area contributed by atoms with E-state index in [2.05, 4.69) is 18.0 Å². The highest BCUT2D eigenvalue weighted by Crippen LogP contribution is 2.43. The van der Waals surface area contributed by atoms with Gasteiger partial charge in [0, 0.05) is 29.6 Å². The summed E-state index contributed by atoms with van der Waals surface area (Å²) in [6, 6.07) is 13.5. The quantitative estimate of drug-likeness (QED) is 0.465. The van der Waals surface area contributed by atoms with Crippen LogP contribution >= 0.6 is 0 Å². The first kappa shape index (κ1) is 18.2. The Morgan fingerprint density at radius 3 is 2.87 bits per heavy atom. The summed E-state index contributed by atoms with van der Waals surface area (Å²) >= 11 is 0. The number of aromatic hydroxyl groups is 1. The van der Waals surface area contributed by atoms with Crippen LogP contribution in [0.5, 0.6) is 17.4 Å². The number of H-pyrrole nitrogens is 1. The molecule has 4 heterocycles. The Kier molecular flexibility index (Phi) is 3.93. The minimum atomic E-state index is -0.387. The van der Waals surface area contributed by atoms with Gasteiger partial charge in [-0.25, -0.2) is 4.79 Å². The first-order valence-electron chi connectivity index (χ1n) is 10.7. The van der Waals surface area contributed by atoms with E-state index in [-0.39, 0.29) is 24.4 Å². The fourth-order valence-corrected chi connectivity index (χ4v) is 4.89. The lowest BCUT2D eigenvalue weighted by atomic mass is 9.92. The van der Waals surface area contributed by atoms with Crippen LogP contribution in [-0.4, -0.2) is 26.0 Å². The molecule has 31 heavy (non-hydrogen) atoms. The first-order chi connectivity index (χ1) is 15.2. The molecule has 2 aliphatic rings. The Balaban J connectivity index is 1.62. The van der Waals surface area contributed by atoms with Crippen LogP contribution in [0, 0.1) is 0 Å². The maximum atomic E-state index is 13.5. The van der Waals surface area contributed by atoms with Crippen LogP contribution in [0.15, 0.2) is 47.3 Å². The molecule has 6 rings (SSSR count). The molecule has 0 radical (unpaired) electrons. The van der Waals surface area contributed by atoms with Crippen LogP contribution in [-0.2, 0) is 13.0 Å². The number of benzene rings is 2. The van der Waals surface area contributed by atoms with Crippen LogP contribution in [0.1, 0.15) is 48.3 Å². The van der Waals surface area contributed by atoms with Crippen molar-refractivity contribution in [3.8, 4) is 17.4 Å². The van der Waals surface area contributed by atoms with Crippen molar-refractivity contribution in [2.45, 2.75) is 38.8 Å². The van der Waals surface area contributed by atoms with Crippen molar-refractivity contribution in [1.82, 2.24) is 14.1 Å². The molecular formula is C24H23N3O4. The Morgan fingerprint density at radius 2 is 2.00 bits per heavy atom. The molecule has 0 amide bonds. The molecular weight excluding hydrogens is 394 g/mol. The maximum Gasteiger partial charge on any atom is 0.332 e. The van der Waals surface area contributed by atoms with E-state index in [1.807, 2.05) is 36.4 Å². The number of aromatic nitrogens is 3. The third-order valence-electron chi connectivity index (χ3n) is 6.41. The third kappa shape index (κ3) is 2.55. The first-order valence-corrected chi connectivity index (χ1v) is 10.7. The second kappa shape index (κ2) is 6.70. The minimum Gasteiger partial charge on any atom is -0.493 e. The van der Waals surface area contributed by atoms with E-state index in [0.29, 0.717) is 30.2 Å². The standard InChI is InChI=1S/C24H23N3O4/c1-2-3-10-26-23(28)18-12-16-15-6-4-5-7-17(15)25-21(16)22(27(18)24(26)29)14-8-9-19-20(11-14)31-13-30-19/h4-9,11,22,25,28H,2-3,10,12-13H2,1H3/t22-/m0/s1. The molecule has 2 aromatic carbocycles. The van der Waals surface area contributed by atoms with Crippen molar-refractivity contribution in [3.05, 3.63) is 75.5 Å². The highest BCUT2D eigenvalue weighted by atomic mass is 16.7. The minimum absolute atomic E-state index is 0.0696. The van der Waals surface area contributed by atoms with E-state index >= 15 is 0 Å². The van der Waals surface area contributed by atoms with Gasteiger partial charge in [0.2, 0.25) is 12.7 Å². The summed E-state index contributed by atoms with van der Waals surface area (Å²) in [4.78, 5) is 17.0. The van der Waals surface area contributed by atoms with Crippen LogP contribution in [0.4, 0.5) is 0 Å². The number of nitrogens with zero attached hydrogens (tertiary/aromatic N) is 2. The smallest absolute Gasteiger partial charge is 0.332 e. The molecule has 158 valence electrons. The van der Waals surface area contributed by atoms with Gasteiger partial charge in [0.25, 0.3) is 0 Å². The lowest BCUT2D eigenvalue weighted by Gasteiger charge is -2.26. The van der Waals surface area contributed by atoms with Crippen LogP contribution < -0.4 is 15.2 Å². The predicted octanol–water partition coefficient (Wildman–Crippen LogP) is 3.91. The van der Waals surface area contributed by atoms with Crippen LogP contribution in [0.3, 0.4) is 0 Å². The fraction of sp³-hybridized carbons (Fsp3) is 0.292. The summed E-state index contributed by atoms with van der Waals surface area (Å²) in [6.07, 6.45) is 2.28. The van der Waals surface area contributed by atoms with Crippen molar-refractivity contribution in [2.24, 2.45) is 0 Å². The van der Waals surface area contributed by atoms with Gasteiger partial charge in [-0.05, 0) is 35.7 Å². The maximum absolute atomic E-state index is 13.5. The molecule has 4 aromatic rings. The van der Waals surface area contributed by atoms with Crippen molar-refractivity contribution in [2.75, 3.05) is 6.79 Å². The van der Waals surface area contributed by atoms with Crippen molar-refractivity contribution in [1.29, 1.82) is 0 Å². The molecule has 2 N–H and O–H groups in total. The van der Waals surface area contributed by atoms with Gasteiger partial charge in [0.15, 0.2) is 11.5 Å². The van der Waals surface area contributed by atoms with Gasteiger partial charge in [0.05, 0.1) is 5.69 Å². The summed E-state index contributed by atoms with van der Waals surface area (Å²) in [6.45, 7) is 2.77. The summed E-state index contributed by atoms with van der Waals surface area (Å²) in [5.41, 5.74) is 4.49. The SMILES string of the molecule is CCCCn1c(O)c2n(c1=O)[C@@H](c1ccc3c(c1)OCO3)c1[nH]c3ccccc3c1C2. The van der Waals surface area contributed by atoms with Crippen LogP contribution in [0.2, 0.25) is 0 Å². The van der Waals surface area contributed by atoms with Crippen molar-refractivity contribution < 1.29 is 14.6 Å². The van der Waals surface area contributed by atoms with Gasteiger partial charge in [-0.3, -0.25) is 9.13 Å². The molecule has 1 atom stereocenters. The van der Waals surface area contributed by atoms with Crippen molar-refractivity contribution in [3.63, 3.8) is 0 Å². The summed E-state index contributed by atoms with van der Waals surface area (Å²) in [7, 11) is 0. The summed E-state index contributed by atoms with van der Waals surface area (Å²) < 4.78 is 14.3. The van der Waals surface area contributed by atoms with Crippen molar-refractivity contribution >= 4 is 10.9 Å². The monoisotopic (exact) mass is 417 g/mol. The number of hydrogen-bond donors (Lipinski definition) is 2. The molecule has 0 saturated heterocycles. The summed E-state index contributed by atoms with van der Waals surface area (Å²) in [5, 5.41) is 12.1. The fourth-order valence-electron chi connectivity index (χ4n) is 4.89. The van der Waals surface area contributed by atoms with Gasteiger partial charge in [0.1, 0.15) is 6.04 Å². The lowest BCUT2D eigenvalue weighted by molar-refractivity contribution is 0.174. The molecule has 0 spiro atoms. The second-order valence-electron chi connectivity index (χ2n) is 8.18. The van der Waals surface area contributed by atoms with Gasteiger partial charge < -0.3 is 19.6 Å². The highest BCUT2D eigenvalue weighted by Gasteiger charge is 2.36. The zero-order valence-electron chi connectivity index (χ0n) is 17.2. The normalized spacial score (nSPS) is 16.5. The zero-order valence-corrected chi connectivity index (χ0v) is 17.2. The molecule has 0 fully saturated rings. The molecule has 0 saturated carbocycles. The Morgan fingerprint density at radius 1 is 1.16 bits per heavy atom. The average molecular weight is 417 g/mol. The largest absolute Gasteiger partial charge is 0.493 e. The highest BCUT2D eigenvalue weighted by molar-refractivity contribution is 5.86. The molecule has 0 bridgehead atoms. The second-order valence-corrected chi connectivity index (χ2v) is 8.18. The number of fused-ring (bicyclic) bond motifs is 5. The molecule has 7 nitrogen and oxygen atoms in total. The lowest BCUT2D eigenvalue weighted by Crippen LogP contribution is -2.32. The third-order valence-corrected chi connectivity index (χ3v) is 6.41. The molecule has 0 aliphatic carbocycles. The molecule has 2 aromatic heterocycles. The van der Waals surface area contributed by atoms with Gasteiger partial charge in [-0.2, -0.15) is 0 Å². The number of ether oxygens (including phenoxy) is 2. The Hall–Kier alpha value is -3.61. The van der Waals surface area contributed by atoms with E-state index in [0.717, 1.165) is 40.6 Å². The van der Waals surface area contributed by atoms with Gasteiger partial charge in [-0.15, -0.1) is 0 Å². The topological polar surface area (TPSA) is 81.4 Å². The van der Waals surface area contributed by atoms with Crippen LogP contribution in [0.25, 0.3) is 10.9 Å². The number of imidazole rings is 1. The number of aromatic amines is 1. The number of hydrogen-bond acceptors (Lipinski definition) is 4. The predicted molar refractivity (Wildman–Crippen MR) is 116 cm³/mol. The van der Waals surface area contributed by atoms with Gasteiger partial charge in [-0.1, -0.05) is 37.6 Å². The Labute approximate surface area is 178 Å². The van der Waals surface area contributed by atoms with E-state index in [1.165, 1.54) is 4.57 Å². The number of nitrogens with one attached hydrogen (secondary N) is 1. The number of rotatable bonds is 4. The van der Waals surface area contributed by atoms with Gasteiger partial charge >= 0.3 is 5.69 Å². The van der Waals surface area contributed by atoms with E-state index in [4.69, 9.17) is 9.47 Å². The zero-order chi connectivity index (χ0) is 21.1. The van der Waals surface area contributed by atoms with E-state index in [9.17, 15) is 9.90 Å². The molecule has 7 heteroatoms.